The van der Waals surface area contributed by atoms with Crippen LogP contribution >= 0.6 is 0 Å². The molecule has 30 heavy (non-hydrogen) atoms. The minimum absolute atomic E-state index is 0.223. The van der Waals surface area contributed by atoms with E-state index in [0.717, 1.165) is 17.5 Å². The van der Waals surface area contributed by atoms with Gasteiger partial charge in [-0.15, -0.1) is 0 Å². The summed E-state index contributed by atoms with van der Waals surface area (Å²) in [4.78, 5) is 11.5. The molecule has 0 saturated heterocycles. The van der Waals surface area contributed by atoms with Crippen molar-refractivity contribution < 1.29 is 9.90 Å². The van der Waals surface area contributed by atoms with E-state index in [1.54, 1.807) is 24.3 Å². The molecule has 0 saturated carbocycles. The van der Waals surface area contributed by atoms with Crippen LogP contribution in [-0.2, 0) is 4.79 Å². The maximum atomic E-state index is 11.5. The van der Waals surface area contributed by atoms with Gasteiger partial charge in [-0.1, -0.05) is 55.4 Å². The van der Waals surface area contributed by atoms with Gasteiger partial charge >= 0.3 is 0 Å². The minimum atomic E-state index is 0.223. The first-order valence-corrected chi connectivity index (χ1v) is 10.6. The Morgan fingerprint density at radius 3 is 2.50 bits per heavy atom. The predicted molar refractivity (Wildman–Crippen MR) is 128 cm³/mol. The number of aldehydes is 1. The number of hydrogen-bond acceptors (Lipinski definition) is 3. The van der Waals surface area contributed by atoms with Gasteiger partial charge in [0.2, 0.25) is 0 Å². The Morgan fingerprint density at radius 2 is 1.87 bits per heavy atom. The van der Waals surface area contributed by atoms with Crippen molar-refractivity contribution in [3.63, 3.8) is 0 Å². The molecule has 0 spiro atoms. The standard InChI is InChI=1S/C27H35NO2/c1-20(11-16-26-22(3)10-7-17-27(26,4)5)8-6-9-21(2)23(19-29)18-28-24-12-14-25(30)15-13-24/h6,8-9,11-16,19,28,30H,7,10,17-18H2,1-5H3/b9-6+,16-11+,20-8+,23-21-. The van der Waals surface area contributed by atoms with Gasteiger partial charge in [-0.3, -0.25) is 4.79 Å². The molecule has 0 aliphatic heterocycles. The quantitative estimate of drug-likeness (QED) is 0.214. The van der Waals surface area contributed by atoms with E-state index < -0.39 is 0 Å². The van der Waals surface area contributed by atoms with Gasteiger partial charge in [0.15, 0.2) is 0 Å². The van der Waals surface area contributed by atoms with Crippen molar-refractivity contribution in [2.75, 3.05) is 11.9 Å². The number of aromatic hydroxyl groups is 1. The molecular formula is C27H35NO2. The summed E-state index contributed by atoms with van der Waals surface area (Å²) >= 11 is 0. The molecule has 0 fully saturated rings. The smallest absolute Gasteiger partial charge is 0.148 e. The molecule has 1 aromatic carbocycles. The summed E-state index contributed by atoms with van der Waals surface area (Å²) in [5, 5.41) is 12.6. The molecule has 1 aliphatic rings. The van der Waals surface area contributed by atoms with Gasteiger partial charge in [-0.05, 0) is 80.9 Å². The highest BCUT2D eigenvalue weighted by Gasteiger charge is 2.26. The second kappa shape index (κ2) is 10.8. The third kappa shape index (κ3) is 6.91. The molecule has 160 valence electrons. The summed E-state index contributed by atoms with van der Waals surface area (Å²) in [6.45, 7) is 11.4. The molecule has 0 bridgehead atoms. The van der Waals surface area contributed by atoms with Crippen molar-refractivity contribution in [2.45, 2.75) is 53.9 Å². The Morgan fingerprint density at radius 1 is 1.17 bits per heavy atom. The summed E-state index contributed by atoms with van der Waals surface area (Å²) in [7, 11) is 0. The molecule has 0 unspecified atom stereocenters. The third-order valence-corrected chi connectivity index (χ3v) is 5.76. The van der Waals surface area contributed by atoms with Crippen molar-refractivity contribution in [2.24, 2.45) is 5.41 Å². The van der Waals surface area contributed by atoms with Crippen LogP contribution in [0.4, 0.5) is 5.69 Å². The van der Waals surface area contributed by atoms with E-state index in [-0.39, 0.29) is 11.2 Å². The fourth-order valence-electron chi connectivity index (χ4n) is 3.78. The second-order valence-electron chi connectivity index (χ2n) is 8.76. The van der Waals surface area contributed by atoms with Crippen LogP contribution in [0, 0.1) is 5.41 Å². The van der Waals surface area contributed by atoms with Gasteiger partial charge in [-0.2, -0.15) is 0 Å². The second-order valence-corrected chi connectivity index (χ2v) is 8.76. The lowest BCUT2D eigenvalue weighted by Crippen LogP contribution is -2.19. The zero-order valence-corrected chi connectivity index (χ0v) is 19.0. The number of phenols is 1. The van der Waals surface area contributed by atoms with E-state index in [1.165, 1.54) is 36.0 Å². The van der Waals surface area contributed by atoms with Gasteiger partial charge in [0, 0.05) is 17.8 Å². The summed E-state index contributed by atoms with van der Waals surface area (Å²) in [5.41, 5.74) is 6.88. The Hall–Kier alpha value is -2.81. The molecular weight excluding hydrogens is 370 g/mol. The zero-order valence-electron chi connectivity index (χ0n) is 19.0. The number of nitrogens with one attached hydrogen (secondary N) is 1. The highest BCUT2D eigenvalue weighted by atomic mass is 16.3. The topological polar surface area (TPSA) is 49.3 Å². The Bertz CT molecular complexity index is 893. The Labute approximate surface area is 181 Å². The normalized spacial score (nSPS) is 18.1. The van der Waals surface area contributed by atoms with Crippen LogP contribution in [0.5, 0.6) is 5.75 Å². The molecule has 1 aromatic rings. The number of hydrogen-bond donors (Lipinski definition) is 2. The van der Waals surface area contributed by atoms with E-state index >= 15 is 0 Å². The van der Waals surface area contributed by atoms with Crippen molar-refractivity contribution in [1.29, 1.82) is 0 Å². The summed E-state index contributed by atoms with van der Waals surface area (Å²) < 4.78 is 0. The summed E-state index contributed by atoms with van der Waals surface area (Å²) in [5.74, 6) is 0.223. The fraction of sp³-hybridized carbons (Fsp3) is 0.370. The first-order chi connectivity index (χ1) is 14.2. The van der Waals surface area contributed by atoms with Crippen LogP contribution in [-0.4, -0.2) is 17.9 Å². The Balaban J connectivity index is 2.02. The lowest BCUT2D eigenvalue weighted by molar-refractivity contribution is -0.104. The number of carbonyl (C=O) groups is 1. The molecule has 0 radical (unpaired) electrons. The Kier molecular flexibility index (Phi) is 8.46. The first kappa shape index (κ1) is 23.5. The fourth-order valence-corrected chi connectivity index (χ4v) is 3.78. The molecule has 0 heterocycles. The SMILES string of the molecule is CC1=C(/C=C/C(C)=C/C=C/C(C)=C(\C=O)CNc2ccc(O)cc2)C(C)(C)CCC1. The van der Waals surface area contributed by atoms with E-state index in [0.29, 0.717) is 12.1 Å². The number of rotatable bonds is 8. The lowest BCUT2D eigenvalue weighted by Gasteiger charge is -2.32. The zero-order chi connectivity index (χ0) is 22.1. The summed E-state index contributed by atoms with van der Waals surface area (Å²) in [6, 6.07) is 6.80. The molecule has 0 amide bonds. The largest absolute Gasteiger partial charge is 0.508 e. The first-order valence-electron chi connectivity index (χ1n) is 10.6. The van der Waals surface area contributed by atoms with Crippen molar-refractivity contribution in [1.82, 2.24) is 0 Å². The van der Waals surface area contributed by atoms with E-state index in [1.807, 2.05) is 19.1 Å². The molecule has 0 aromatic heterocycles. The number of anilines is 1. The van der Waals surface area contributed by atoms with Crippen molar-refractivity contribution >= 4 is 12.0 Å². The van der Waals surface area contributed by atoms with Crippen molar-refractivity contribution in [3.8, 4) is 5.75 Å². The maximum absolute atomic E-state index is 11.5. The van der Waals surface area contributed by atoms with Gasteiger partial charge < -0.3 is 10.4 Å². The molecule has 3 heteroatoms. The predicted octanol–water partition coefficient (Wildman–Crippen LogP) is 6.90. The van der Waals surface area contributed by atoms with Crippen LogP contribution in [0.25, 0.3) is 0 Å². The monoisotopic (exact) mass is 405 g/mol. The van der Waals surface area contributed by atoms with Gasteiger partial charge in [-0.25, -0.2) is 0 Å². The van der Waals surface area contributed by atoms with Gasteiger partial charge in [0.1, 0.15) is 12.0 Å². The van der Waals surface area contributed by atoms with E-state index in [2.05, 4.69) is 51.2 Å². The van der Waals surface area contributed by atoms with Crippen LogP contribution in [0.3, 0.4) is 0 Å². The third-order valence-electron chi connectivity index (χ3n) is 5.76. The van der Waals surface area contributed by atoms with Crippen LogP contribution in [0.15, 0.2) is 82.5 Å². The van der Waals surface area contributed by atoms with Crippen LogP contribution in [0.1, 0.15) is 53.9 Å². The molecule has 2 rings (SSSR count). The molecule has 1 aliphatic carbocycles. The maximum Gasteiger partial charge on any atom is 0.148 e. The number of phenolic OH excluding ortho intramolecular Hbond substituents is 1. The molecule has 3 nitrogen and oxygen atoms in total. The van der Waals surface area contributed by atoms with Gasteiger partial charge in [0.25, 0.3) is 0 Å². The number of benzene rings is 1. The number of allylic oxidation sites excluding steroid dienone is 9. The number of carbonyl (C=O) groups excluding carboxylic acids is 1. The highest BCUT2D eigenvalue weighted by Crippen LogP contribution is 2.40. The van der Waals surface area contributed by atoms with E-state index in [4.69, 9.17) is 0 Å². The highest BCUT2D eigenvalue weighted by molar-refractivity contribution is 5.77. The molecule has 0 atom stereocenters. The van der Waals surface area contributed by atoms with Crippen molar-refractivity contribution in [3.05, 3.63) is 82.5 Å². The summed E-state index contributed by atoms with van der Waals surface area (Å²) in [6.07, 6.45) is 15.1. The average Bonchev–Trinajstić information content (AvgIpc) is 2.69. The molecule has 2 N–H and O–H groups in total. The van der Waals surface area contributed by atoms with Gasteiger partial charge in [0.05, 0.1) is 0 Å². The minimum Gasteiger partial charge on any atom is -0.508 e. The van der Waals surface area contributed by atoms with E-state index in [9.17, 15) is 9.90 Å². The average molecular weight is 406 g/mol. The van der Waals surface area contributed by atoms with Crippen LogP contribution in [0.2, 0.25) is 0 Å². The van der Waals surface area contributed by atoms with Crippen LogP contribution < -0.4 is 5.32 Å². The lowest BCUT2D eigenvalue weighted by atomic mass is 9.72.